The largest absolute Gasteiger partial charge is 0.338 e. The minimum Gasteiger partial charge on any atom is -0.338 e. The van der Waals surface area contributed by atoms with Crippen molar-refractivity contribution in [3.05, 3.63) is 108 Å². The van der Waals surface area contributed by atoms with Crippen molar-refractivity contribution in [2.45, 2.75) is 5.60 Å². The van der Waals surface area contributed by atoms with Gasteiger partial charge in [-0.25, -0.2) is 0 Å². The summed E-state index contributed by atoms with van der Waals surface area (Å²) in [4.78, 5) is 9.89. The van der Waals surface area contributed by atoms with Crippen molar-refractivity contribution in [1.29, 1.82) is 0 Å². The Morgan fingerprint density at radius 1 is 0.652 bits per heavy atom. The van der Waals surface area contributed by atoms with Crippen molar-refractivity contribution >= 4 is 8.53 Å². The molecule has 3 aromatic carbocycles. The van der Waals surface area contributed by atoms with Gasteiger partial charge >= 0.3 is 0 Å². The highest BCUT2D eigenvalue weighted by molar-refractivity contribution is 7.43. The highest BCUT2D eigenvalue weighted by Crippen LogP contribution is 2.46. The highest BCUT2D eigenvalue weighted by atomic mass is 31.2. The van der Waals surface area contributed by atoms with Gasteiger partial charge in [-0.1, -0.05) is 91.0 Å². The molecule has 3 aromatic rings. The molecule has 3 rings (SSSR count). The molecule has 23 heavy (non-hydrogen) atoms. The molecule has 0 heterocycles. The van der Waals surface area contributed by atoms with Crippen LogP contribution in [0, 0.1) is 0 Å². The van der Waals surface area contributed by atoms with E-state index < -0.39 is 14.1 Å². The zero-order valence-electron chi connectivity index (χ0n) is 12.5. The maximum atomic E-state index is 9.89. The third kappa shape index (κ3) is 3.19. The molecule has 0 bridgehead atoms. The van der Waals surface area contributed by atoms with Crippen LogP contribution in [-0.4, -0.2) is 4.89 Å². The molecule has 0 saturated carbocycles. The molecule has 0 aliphatic carbocycles. The number of hydrogen-bond acceptors (Lipinski definition) is 3. The molecule has 3 N–H and O–H groups in total. The van der Waals surface area contributed by atoms with Crippen LogP contribution >= 0.6 is 8.53 Å². The fourth-order valence-corrected chi connectivity index (χ4v) is 3.41. The van der Waals surface area contributed by atoms with E-state index in [1.54, 1.807) is 0 Å². The molecule has 0 radical (unpaired) electrons. The lowest BCUT2D eigenvalue weighted by molar-refractivity contribution is 0.157. The fraction of sp³-hybridized carbons (Fsp3) is 0.0526. The van der Waals surface area contributed by atoms with Gasteiger partial charge in [0, 0.05) is 0 Å². The third-order valence-corrected chi connectivity index (χ3v) is 4.23. The zero-order chi connectivity index (χ0) is 16.1. The molecular weight excluding hydrogens is 305 g/mol. The van der Waals surface area contributed by atoms with Gasteiger partial charge in [0.05, 0.1) is 0 Å². The van der Waals surface area contributed by atoms with Gasteiger partial charge < -0.3 is 9.42 Å². The van der Waals surface area contributed by atoms with Crippen LogP contribution in [0.3, 0.4) is 0 Å². The first-order valence-corrected chi connectivity index (χ1v) is 8.61. The van der Waals surface area contributed by atoms with Crippen LogP contribution in [0.15, 0.2) is 91.0 Å². The summed E-state index contributed by atoms with van der Waals surface area (Å²) < 4.78 is 5.99. The predicted molar refractivity (Wildman–Crippen MR) is 93.6 cm³/mol. The molecule has 4 heteroatoms. The molecule has 0 aliphatic rings. The van der Waals surface area contributed by atoms with E-state index in [0.717, 1.165) is 16.7 Å². The minimum absolute atomic E-state index is 0.921. The summed E-state index contributed by atoms with van der Waals surface area (Å²) in [5.74, 6) is 0. The Labute approximate surface area is 137 Å². The summed E-state index contributed by atoms with van der Waals surface area (Å²) in [6, 6.07) is 29.5. The topological polar surface area (TPSA) is 55.5 Å². The predicted octanol–water partition coefficient (Wildman–Crippen LogP) is 4.17. The minimum atomic E-state index is -2.06. The summed E-state index contributed by atoms with van der Waals surface area (Å²) in [6.45, 7) is 0. The lowest BCUT2D eigenvalue weighted by Gasteiger charge is -2.36. The summed E-state index contributed by atoms with van der Waals surface area (Å²) in [5.41, 5.74) is 7.51. The van der Waals surface area contributed by atoms with E-state index in [2.05, 4.69) is 0 Å². The van der Waals surface area contributed by atoms with E-state index in [4.69, 9.17) is 10.0 Å². The van der Waals surface area contributed by atoms with Gasteiger partial charge in [0.2, 0.25) is 0 Å². The first-order valence-electron chi connectivity index (χ1n) is 7.33. The first kappa shape index (κ1) is 15.9. The number of hydrogen-bond donors (Lipinski definition) is 2. The molecule has 0 fully saturated rings. The molecule has 1 atom stereocenters. The van der Waals surface area contributed by atoms with E-state index in [1.165, 1.54) is 0 Å². The Bertz CT molecular complexity index is 636. The summed E-state index contributed by atoms with van der Waals surface area (Å²) >= 11 is 0. The van der Waals surface area contributed by atoms with Crippen LogP contribution in [0.2, 0.25) is 0 Å². The van der Waals surface area contributed by atoms with Gasteiger partial charge in [-0.2, -0.15) is 0 Å². The molecular formula is C19H18NO2P. The maximum Gasteiger partial charge on any atom is 0.251 e. The maximum absolute atomic E-state index is 9.89. The number of benzene rings is 3. The second-order valence-electron chi connectivity index (χ2n) is 5.17. The smallest absolute Gasteiger partial charge is 0.251 e. The van der Waals surface area contributed by atoms with Crippen LogP contribution in [0.5, 0.6) is 0 Å². The molecule has 0 amide bonds. The SMILES string of the molecule is NP(O)OC(c1ccccc1)(c1ccccc1)c1ccccc1. The zero-order valence-corrected chi connectivity index (χ0v) is 13.4. The van der Waals surface area contributed by atoms with Crippen LogP contribution in [-0.2, 0) is 10.1 Å². The van der Waals surface area contributed by atoms with Gasteiger partial charge in [-0.3, -0.25) is 5.50 Å². The first-order chi connectivity index (χ1) is 11.2. The lowest BCUT2D eigenvalue weighted by atomic mass is 9.80. The Kier molecular flexibility index (Phi) is 4.85. The normalized spacial score (nSPS) is 12.8. The second-order valence-corrected chi connectivity index (χ2v) is 5.96. The van der Waals surface area contributed by atoms with Crippen molar-refractivity contribution in [1.82, 2.24) is 0 Å². The lowest BCUT2D eigenvalue weighted by Crippen LogP contribution is -2.32. The Hall–Kier alpha value is -2.03. The molecule has 0 aliphatic heterocycles. The van der Waals surface area contributed by atoms with Crippen LogP contribution in [0.1, 0.15) is 16.7 Å². The second kappa shape index (κ2) is 7.03. The van der Waals surface area contributed by atoms with Crippen molar-refractivity contribution in [2.75, 3.05) is 0 Å². The average molecular weight is 323 g/mol. The molecule has 0 spiro atoms. The van der Waals surface area contributed by atoms with Crippen LogP contribution < -0.4 is 5.50 Å². The van der Waals surface area contributed by atoms with Crippen molar-refractivity contribution in [3.8, 4) is 0 Å². The van der Waals surface area contributed by atoms with Crippen LogP contribution in [0.4, 0.5) is 0 Å². The van der Waals surface area contributed by atoms with Crippen molar-refractivity contribution in [3.63, 3.8) is 0 Å². The van der Waals surface area contributed by atoms with E-state index in [0.29, 0.717) is 0 Å². The van der Waals surface area contributed by atoms with E-state index in [-0.39, 0.29) is 0 Å². The van der Waals surface area contributed by atoms with Gasteiger partial charge in [-0.15, -0.1) is 0 Å². The fourth-order valence-electron chi connectivity index (χ4n) is 2.82. The van der Waals surface area contributed by atoms with Gasteiger partial charge in [0.1, 0.15) is 0 Å². The third-order valence-electron chi connectivity index (χ3n) is 3.77. The molecule has 0 aromatic heterocycles. The Balaban J connectivity index is 2.30. The number of nitrogens with two attached hydrogens (primary N) is 1. The van der Waals surface area contributed by atoms with E-state index >= 15 is 0 Å². The quantitative estimate of drug-likeness (QED) is 0.547. The summed E-state index contributed by atoms with van der Waals surface area (Å²) in [5, 5.41) is 0. The Morgan fingerprint density at radius 2 is 0.957 bits per heavy atom. The van der Waals surface area contributed by atoms with E-state index in [1.807, 2.05) is 91.0 Å². The summed E-state index contributed by atoms with van der Waals surface area (Å²) in [6.07, 6.45) is 0. The number of rotatable bonds is 5. The highest BCUT2D eigenvalue weighted by Gasteiger charge is 2.39. The van der Waals surface area contributed by atoms with Gasteiger partial charge in [-0.05, 0) is 16.7 Å². The van der Waals surface area contributed by atoms with Gasteiger partial charge in [0.25, 0.3) is 8.53 Å². The van der Waals surface area contributed by atoms with Crippen LogP contribution in [0.25, 0.3) is 0 Å². The molecule has 116 valence electrons. The summed E-state index contributed by atoms with van der Waals surface area (Å²) in [7, 11) is -2.06. The van der Waals surface area contributed by atoms with Crippen molar-refractivity contribution in [2.24, 2.45) is 5.50 Å². The van der Waals surface area contributed by atoms with E-state index in [9.17, 15) is 4.89 Å². The average Bonchev–Trinajstić information content (AvgIpc) is 2.62. The Morgan fingerprint density at radius 3 is 1.22 bits per heavy atom. The molecule has 0 saturated heterocycles. The van der Waals surface area contributed by atoms with Crippen molar-refractivity contribution < 1.29 is 9.42 Å². The van der Waals surface area contributed by atoms with Gasteiger partial charge in [0.15, 0.2) is 5.60 Å². The molecule has 1 unspecified atom stereocenters. The standard InChI is InChI=1S/C19H18NO2P/c20-23(21)22-19(16-10-4-1-5-11-16,17-12-6-2-7-13-17)18-14-8-3-9-15-18/h1-15,21H,20H2. The monoisotopic (exact) mass is 323 g/mol. The molecule has 3 nitrogen and oxygen atoms in total.